The highest BCUT2D eigenvalue weighted by Crippen LogP contribution is 2.13. The first kappa shape index (κ1) is 13.3. The Morgan fingerprint density at radius 2 is 1.83 bits per heavy atom. The Morgan fingerprint density at radius 1 is 1.22 bits per heavy atom. The Kier molecular flexibility index (Phi) is 4.55. The molecule has 1 aliphatic heterocycles. The first-order valence-electron chi connectivity index (χ1n) is 6.09. The van der Waals surface area contributed by atoms with Gasteiger partial charge in [0.15, 0.2) is 0 Å². The molecule has 4 heteroatoms. The number of amides is 1. The van der Waals surface area contributed by atoms with Crippen LogP contribution in [0.5, 0.6) is 0 Å². The SMILES string of the molecule is C=CCN1CCN(C(=O)c2ccc(Br)cc2)CC1. The summed E-state index contributed by atoms with van der Waals surface area (Å²) in [5, 5.41) is 0. The van der Waals surface area contributed by atoms with Crippen LogP contribution in [0.1, 0.15) is 10.4 Å². The molecule has 18 heavy (non-hydrogen) atoms. The number of piperazine rings is 1. The van der Waals surface area contributed by atoms with Crippen molar-refractivity contribution in [2.75, 3.05) is 32.7 Å². The second kappa shape index (κ2) is 6.16. The normalized spacial score (nSPS) is 16.6. The monoisotopic (exact) mass is 308 g/mol. The van der Waals surface area contributed by atoms with Gasteiger partial charge in [0.2, 0.25) is 0 Å². The van der Waals surface area contributed by atoms with Crippen LogP contribution in [0.2, 0.25) is 0 Å². The number of rotatable bonds is 3. The summed E-state index contributed by atoms with van der Waals surface area (Å²) < 4.78 is 0.995. The Labute approximate surface area is 116 Å². The van der Waals surface area contributed by atoms with E-state index in [2.05, 4.69) is 27.4 Å². The lowest BCUT2D eigenvalue weighted by Crippen LogP contribution is -2.48. The summed E-state index contributed by atoms with van der Waals surface area (Å²) in [7, 11) is 0. The van der Waals surface area contributed by atoms with E-state index in [9.17, 15) is 4.79 Å². The number of nitrogens with zero attached hydrogens (tertiary/aromatic N) is 2. The average molecular weight is 309 g/mol. The predicted molar refractivity (Wildman–Crippen MR) is 76.7 cm³/mol. The molecule has 96 valence electrons. The quantitative estimate of drug-likeness (QED) is 0.801. The Balaban J connectivity index is 1.95. The van der Waals surface area contributed by atoms with Crippen molar-refractivity contribution in [2.45, 2.75) is 0 Å². The van der Waals surface area contributed by atoms with E-state index in [1.807, 2.05) is 35.2 Å². The van der Waals surface area contributed by atoms with Gasteiger partial charge in [-0.25, -0.2) is 0 Å². The van der Waals surface area contributed by atoms with E-state index >= 15 is 0 Å². The standard InChI is InChI=1S/C14H17BrN2O/c1-2-7-16-8-10-17(11-9-16)14(18)12-3-5-13(15)6-4-12/h2-6H,1,7-11H2. The highest BCUT2D eigenvalue weighted by molar-refractivity contribution is 9.10. The molecule has 1 heterocycles. The molecule has 1 amide bonds. The molecule has 1 aliphatic rings. The zero-order chi connectivity index (χ0) is 13.0. The van der Waals surface area contributed by atoms with Gasteiger partial charge in [-0.05, 0) is 24.3 Å². The molecule has 0 spiro atoms. The predicted octanol–water partition coefficient (Wildman–Crippen LogP) is 2.39. The van der Waals surface area contributed by atoms with Crippen LogP contribution in [-0.2, 0) is 0 Å². The van der Waals surface area contributed by atoms with Gasteiger partial charge in [-0.2, -0.15) is 0 Å². The van der Waals surface area contributed by atoms with Gasteiger partial charge in [-0.15, -0.1) is 6.58 Å². The molecule has 0 radical (unpaired) electrons. The van der Waals surface area contributed by atoms with Crippen molar-refractivity contribution in [3.8, 4) is 0 Å². The maximum Gasteiger partial charge on any atom is 0.253 e. The Hall–Kier alpha value is -1.13. The zero-order valence-electron chi connectivity index (χ0n) is 10.3. The van der Waals surface area contributed by atoms with Crippen LogP contribution in [0.15, 0.2) is 41.4 Å². The third-order valence-electron chi connectivity index (χ3n) is 3.14. The topological polar surface area (TPSA) is 23.6 Å². The number of halogens is 1. The molecule has 0 saturated carbocycles. The molecule has 0 atom stereocenters. The molecule has 1 aromatic rings. The fourth-order valence-electron chi connectivity index (χ4n) is 2.09. The van der Waals surface area contributed by atoms with Gasteiger partial charge < -0.3 is 4.90 Å². The number of carbonyl (C=O) groups is 1. The van der Waals surface area contributed by atoms with E-state index < -0.39 is 0 Å². The van der Waals surface area contributed by atoms with Gasteiger partial charge in [0.1, 0.15) is 0 Å². The fourth-order valence-corrected chi connectivity index (χ4v) is 2.36. The number of benzene rings is 1. The van der Waals surface area contributed by atoms with Crippen molar-refractivity contribution in [3.05, 3.63) is 47.0 Å². The average Bonchev–Trinajstić information content (AvgIpc) is 2.40. The van der Waals surface area contributed by atoms with Crippen molar-refractivity contribution in [3.63, 3.8) is 0 Å². The summed E-state index contributed by atoms with van der Waals surface area (Å²) in [5.41, 5.74) is 0.760. The molecule has 1 aromatic carbocycles. The van der Waals surface area contributed by atoms with Crippen molar-refractivity contribution < 1.29 is 4.79 Å². The van der Waals surface area contributed by atoms with Crippen LogP contribution in [-0.4, -0.2) is 48.4 Å². The molecule has 0 aromatic heterocycles. The van der Waals surface area contributed by atoms with Crippen LogP contribution < -0.4 is 0 Å². The molecular formula is C14H17BrN2O. The zero-order valence-corrected chi connectivity index (χ0v) is 11.9. The van der Waals surface area contributed by atoms with Crippen LogP contribution in [0, 0.1) is 0 Å². The molecule has 0 aliphatic carbocycles. The summed E-state index contributed by atoms with van der Waals surface area (Å²) in [6.07, 6.45) is 1.91. The van der Waals surface area contributed by atoms with E-state index in [1.54, 1.807) is 0 Å². The van der Waals surface area contributed by atoms with E-state index in [0.717, 1.165) is 42.8 Å². The summed E-state index contributed by atoms with van der Waals surface area (Å²) in [5.74, 6) is 0.126. The van der Waals surface area contributed by atoms with Crippen molar-refractivity contribution in [1.82, 2.24) is 9.80 Å². The van der Waals surface area contributed by atoms with Gasteiger partial charge >= 0.3 is 0 Å². The Morgan fingerprint density at radius 3 is 2.39 bits per heavy atom. The lowest BCUT2D eigenvalue weighted by atomic mass is 10.2. The van der Waals surface area contributed by atoms with Crippen molar-refractivity contribution >= 4 is 21.8 Å². The highest BCUT2D eigenvalue weighted by Gasteiger charge is 2.21. The summed E-state index contributed by atoms with van der Waals surface area (Å²) in [6.45, 7) is 8.08. The minimum atomic E-state index is 0.126. The summed E-state index contributed by atoms with van der Waals surface area (Å²) in [4.78, 5) is 16.5. The van der Waals surface area contributed by atoms with Gasteiger partial charge in [-0.3, -0.25) is 9.69 Å². The smallest absolute Gasteiger partial charge is 0.253 e. The minimum absolute atomic E-state index is 0.126. The molecule has 0 unspecified atom stereocenters. The molecule has 0 bridgehead atoms. The third kappa shape index (κ3) is 3.21. The lowest BCUT2D eigenvalue weighted by molar-refractivity contribution is 0.0650. The second-order valence-electron chi connectivity index (χ2n) is 4.39. The highest BCUT2D eigenvalue weighted by atomic mass is 79.9. The lowest BCUT2D eigenvalue weighted by Gasteiger charge is -2.34. The van der Waals surface area contributed by atoms with Crippen LogP contribution in [0.3, 0.4) is 0 Å². The molecule has 0 N–H and O–H groups in total. The van der Waals surface area contributed by atoms with Crippen molar-refractivity contribution in [2.24, 2.45) is 0 Å². The maximum absolute atomic E-state index is 12.2. The van der Waals surface area contributed by atoms with E-state index in [4.69, 9.17) is 0 Å². The molecule has 1 saturated heterocycles. The number of carbonyl (C=O) groups excluding carboxylic acids is 1. The number of hydrogen-bond donors (Lipinski definition) is 0. The van der Waals surface area contributed by atoms with Gasteiger partial charge in [-0.1, -0.05) is 22.0 Å². The van der Waals surface area contributed by atoms with Gasteiger partial charge in [0.05, 0.1) is 0 Å². The second-order valence-corrected chi connectivity index (χ2v) is 5.30. The maximum atomic E-state index is 12.2. The Bertz CT molecular complexity index is 422. The number of hydrogen-bond acceptors (Lipinski definition) is 2. The minimum Gasteiger partial charge on any atom is -0.336 e. The largest absolute Gasteiger partial charge is 0.336 e. The molecule has 2 rings (SSSR count). The van der Waals surface area contributed by atoms with E-state index in [1.165, 1.54) is 0 Å². The van der Waals surface area contributed by atoms with Crippen LogP contribution in [0.25, 0.3) is 0 Å². The molecule has 3 nitrogen and oxygen atoms in total. The van der Waals surface area contributed by atoms with E-state index in [-0.39, 0.29) is 5.91 Å². The van der Waals surface area contributed by atoms with E-state index in [0.29, 0.717) is 0 Å². The molecular weight excluding hydrogens is 292 g/mol. The molecule has 1 fully saturated rings. The van der Waals surface area contributed by atoms with Crippen LogP contribution >= 0.6 is 15.9 Å². The van der Waals surface area contributed by atoms with Gasteiger partial charge in [0.25, 0.3) is 5.91 Å². The third-order valence-corrected chi connectivity index (χ3v) is 3.67. The van der Waals surface area contributed by atoms with Gasteiger partial charge in [0, 0.05) is 42.8 Å². The van der Waals surface area contributed by atoms with Crippen molar-refractivity contribution in [1.29, 1.82) is 0 Å². The first-order valence-corrected chi connectivity index (χ1v) is 6.88. The first-order chi connectivity index (χ1) is 8.70. The summed E-state index contributed by atoms with van der Waals surface area (Å²) in [6, 6.07) is 7.54. The van der Waals surface area contributed by atoms with Crippen LogP contribution in [0.4, 0.5) is 0 Å². The fraction of sp³-hybridized carbons (Fsp3) is 0.357. The summed E-state index contributed by atoms with van der Waals surface area (Å²) >= 11 is 3.37.